The number of benzene rings is 1. The van der Waals surface area contributed by atoms with E-state index in [9.17, 15) is 18.8 Å². The van der Waals surface area contributed by atoms with E-state index in [0.29, 0.717) is 16.1 Å². The van der Waals surface area contributed by atoms with Crippen molar-refractivity contribution in [1.29, 1.82) is 0 Å². The number of halogens is 1. The molecule has 144 valence electrons. The molecular weight excluding hydrogens is 373 g/mol. The minimum Gasteiger partial charge on any atom is -0.462 e. The molecule has 27 heavy (non-hydrogen) atoms. The molecule has 1 aromatic carbocycles. The first kappa shape index (κ1) is 20.4. The zero-order chi connectivity index (χ0) is 20.0. The molecule has 0 atom stereocenters. The number of anilines is 2. The van der Waals surface area contributed by atoms with Gasteiger partial charge in [0, 0.05) is 12.7 Å². The lowest BCUT2D eigenvalue weighted by Gasteiger charge is -2.09. The van der Waals surface area contributed by atoms with Crippen molar-refractivity contribution in [3.8, 4) is 0 Å². The molecule has 3 N–H and O–H groups in total. The largest absolute Gasteiger partial charge is 0.462 e. The number of ether oxygens (including phenoxy) is 1. The number of nitrogens with one attached hydrogen (secondary N) is 3. The maximum Gasteiger partial charge on any atom is 0.341 e. The molecule has 9 heteroatoms. The van der Waals surface area contributed by atoms with E-state index in [2.05, 4.69) is 16.0 Å². The van der Waals surface area contributed by atoms with E-state index in [1.165, 1.54) is 25.2 Å². The second kappa shape index (κ2) is 9.13. The van der Waals surface area contributed by atoms with Gasteiger partial charge in [-0.25, -0.2) is 9.18 Å². The Balaban J connectivity index is 2.19. The quantitative estimate of drug-likeness (QED) is 0.629. The van der Waals surface area contributed by atoms with Crippen LogP contribution >= 0.6 is 11.3 Å². The fraction of sp³-hybridized carbons (Fsp3) is 0.278. The topological polar surface area (TPSA) is 96.5 Å². The van der Waals surface area contributed by atoms with Crippen LogP contribution in [0.15, 0.2) is 24.3 Å². The molecule has 0 fully saturated rings. The maximum atomic E-state index is 13.2. The van der Waals surface area contributed by atoms with E-state index in [-0.39, 0.29) is 29.6 Å². The van der Waals surface area contributed by atoms with Crippen molar-refractivity contribution in [3.63, 3.8) is 0 Å². The zero-order valence-electron chi connectivity index (χ0n) is 15.1. The molecule has 0 saturated heterocycles. The first-order valence-electron chi connectivity index (χ1n) is 8.19. The van der Waals surface area contributed by atoms with E-state index in [0.717, 1.165) is 11.3 Å². The molecule has 0 spiro atoms. The maximum absolute atomic E-state index is 13.2. The summed E-state index contributed by atoms with van der Waals surface area (Å²) in [6.45, 7) is 3.31. The van der Waals surface area contributed by atoms with Gasteiger partial charge in [0.1, 0.15) is 10.8 Å². The summed E-state index contributed by atoms with van der Waals surface area (Å²) in [6, 6.07) is 5.70. The zero-order valence-corrected chi connectivity index (χ0v) is 16.0. The van der Waals surface area contributed by atoms with Gasteiger partial charge in [0.15, 0.2) is 0 Å². The van der Waals surface area contributed by atoms with Gasteiger partial charge in [0.25, 0.3) is 5.91 Å². The van der Waals surface area contributed by atoms with Gasteiger partial charge in [0.2, 0.25) is 5.91 Å². The van der Waals surface area contributed by atoms with Crippen LogP contribution < -0.4 is 16.0 Å². The Kier molecular flexibility index (Phi) is 6.89. The van der Waals surface area contributed by atoms with Crippen molar-refractivity contribution in [2.24, 2.45) is 0 Å². The predicted molar refractivity (Wildman–Crippen MR) is 102 cm³/mol. The molecule has 2 rings (SSSR count). The Hall–Kier alpha value is -2.94. The van der Waals surface area contributed by atoms with Crippen molar-refractivity contribution in [2.75, 3.05) is 30.8 Å². The Morgan fingerprint density at radius 2 is 2.00 bits per heavy atom. The monoisotopic (exact) mass is 393 g/mol. The van der Waals surface area contributed by atoms with Crippen LogP contribution in [-0.4, -0.2) is 38.0 Å². The number of thiophene rings is 1. The lowest BCUT2D eigenvalue weighted by atomic mass is 10.1. The van der Waals surface area contributed by atoms with Gasteiger partial charge < -0.3 is 20.7 Å². The fourth-order valence-corrected chi connectivity index (χ4v) is 3.49. The van der Waals surface area contributed by atoms with Crippen LogP contribution in [0.2, 0.25) is 0 Å². The van der Waals surface area contributed by atoms with Gasteiger partial charge in [-0.2, -0.15) is 0 Å². The SMILES string of the molecule is CCOC(=O)c1c(NC(=O)CNc2cccc(F)c2)sc(C(=O)NC)c1C. The van der Waals surface area contributed by atoms with Crippen LogP contribution in [0.4, 0.5) is 15.1 Å². The second-order valence-corrected chi connectivity index (χ2v) is 6.49. The Labute approximate surface area is 159 Å². The average Bonchev–Trinajstić information content (AvgIpc) is 2.95. The number of carbonyl (C=O) groups excluding carboxylic acids is 3. The van der Waals surface area contributed by atoms with E-state index in [1.807, 2.05) is 0 Å². The highest BCUT2D eigenvalue weighted by atomic mass is 32.1. The molecule has 0 radical (unpaired) electrons. The fourth-order valence-electron chi connectivity index (χ4n) is 2.33. The molecule has 2 amide bonds. The summed E-state index contributed by atoms with van der Waals surface area (Å²) < 4.78 is 18.2. The van der Waals surface area contributed by atoms with E-state index in [4.69, 9.17) is 4.74 Å². The van der Waals surface area contributed by atoms with Gasteiger partial charge >= 0.3 is 5.97 Å². The van der Waals surface area contributed by atoms with Crippen molar-refractivity contribution in [3.05, 3.63) is 46.1 Å². The lowest BCUT2D eigenvalue weighted by Crippen LogP contribution is -2.22. The minimum atomic E-state index is -0.616. The van der Waals surface area contributed by atoms with E-state index >= 15 is 0 Å². The number of carbonyl (C=O) groups is 3. The summed E-state index contributed by atoms with van der Waals surface area (Å²) in [4.78, 5) is 36.8. The predicted octanol–water partition coefficient (Wildman–Crippen LogP) is 2.78. The van der Waals surface area contributed by atoms with E-state index in [1.54, 1.807) is 19.9 Å². The second-order valence-electron chi connectivity index (χ2n) is 5.47. The van der Waals surface area contributed by atoms with Crippen LogP contribution in [-0.2, 0) is 9.53 Å². The molecular formula is C18H20FN3O4S. The van der Waals surface area contributed by atoms with Crippen LogP contribution in [0.1, 0.15) is 32.5 Å². The number of esters is 1. The molecule has 0 bridgehead atoms. The third-order valence-corrected chi connectivity index (χ3v) is 4.80. The molecule has 2 aromatic rings. The van der Waals surface area contributed by atoms with Gasteiger partial charge in [-0.3, -0.25) is 9.59 Å². The van der Waals surface area contributed by atoms with Gasteiger partial charge in [0.05, 0.1) is 23.6 Å². The molecule has 0 unspecified atom stereocenters. The van der Waals surface area contributed by atoms with Crippen LogP contribution in [0.25, 0.3) is 0 Å². The smallest absolute Gasteiger partial charge is 0.341 e. The third-order valence-electron chi connectivity index (χ3n) is 3.59. The number of hydrogen-bond acceptors (Lipinski definition) is 6. The Morgan fingerprint density at radius 3 is 2.63 bits per heavy atom. The highest BCUT2D eigenvalue weighted by Gasteiger charge is 2.26. The van der Waals surface area contributed by atoms with E-state index < -0.39 is 17.7 Å². The molecule has 1 heterocycles. The van der Waals surface area contributed by atoms with Crippen molar-refractivity contribution < 1.29 is 23.5 Å². The molecule has 0 aliphatic heterocycles. The van der Waals surface area contributed by atoms with Crippen molar-refractivity contribution in [2.45, 2.75) is 13.8 Å². The molecule has 0 aliphatic rings. The first-order valence-corrected chi connectivity index (χ1v) is 9.00. The van der Waals surface area contributed by atoms with Crippen molar-refractivity contribution >= 4 is 39.8 Å². The minimum absolute atomic E-state index is 0.141. The van der Waals surface area contributed by atoms with Crippen LogP contribution in [0.5, 0.6) is 0 Å². The molecule has 1 aromatic heterocycles. The van der Waals surface area contributed by atoms with Gasteiger partial charge in [-0.15, -0.1) is 11.3 Å². The third kappa shape index (κ3) is 5.04. The average molecular weight is 393 g/mol. The summed E-state index contributed by atoms with van der Waals surface area (Å²) in [5.41, 5.74) is 1.04. The lowest BCUT2D eigenvalue weighted by molar-refractivity contribution is -0.114. The number of rotatable bonds is 7. The molecule has 7 nitrogen and oxygen atoms in total. The highest BCUT2D eigenvalue weighted by molar-refractivity contribution is 7.18. The molecule has 0 saturated carbocycles. The van der Waals surface area contributed by atoms with Crippen LogP contribution in [0, 0.1) is 12.7 Å². The Morgan fingerprint density at radius 1 is 1.26 bits per heavy atom. The van der Waals surface area contributed by atoms with Gasteiger partial charge in [-0.05, 0) is 37.6 Å². The summed E-state index contributed by atoms with van der Waals surface area (Å²) in [6.07, 6.45) is 0. The summed E-state index contributed by atoms with van der Waals surface area (Å²) >= 11 is 0.993. The Bertz CT molecular complexity index is 866. The summed E-state index contributed by atoms with van der Waals surface area (Å²) in [7, 11) is 1.48. The van der Waals surface area contributed by atoms with Gasteiger partial charge in [-0.1, -0.05) is 6.07 Å². The van der Waals surface area contributed by atoms with Crippen LogP contribution in [0.3, 0.4) is 0 Å². The number of amides is 2. The van der Waals surface area contributed by atoms with Crippen molar-refractivity contribution in [1.82, 2.24) is 5.32 Å². The first-order chi connectivity index (χ1) is 12.9. The standard InChI is InChI=1S/C18H20FN3O4S/c1-4-26-18(25)14-10(2)15(16(24)20-3)27-17(14)22-13(23)9-21-12-7-5-6-11(19)8-12/h5-8,21H,4,9H2,1-3H3,(H,20,24)(H,22,23). The normalized spacial score (nSPS) is 10.2. The summed E-state index contributed by atoms with van der Waals surface area (Å²) in [5, 5.41) is 8.14. The number of hydrogen-bond donors (Lipinski definition) is 3. The molecule has 0 aliphatic carbocycles. The summed E-state index contributed by atoms with van der Waals surface area (Å²) in [5.74, 6) is -1.85. The highest BCUT2D eigenvalue weighted by Crippen LogP contribution is 2.33.